The summed E-state index contributed by atoms with van der Waals surface area (Å²) >= 11 is 0. The van der Waals surface area contributed by atoms with E-state index in [1.807, 2.05) is 0 Å². The van der Waals surface area contributed by atoms with Gasteiger partial charge in [-0.25, -0.2) is 22.0 Å². The monoisotopic (exact) mass is 295 g/mol. The first-order valence-electron chi connectivity index (χ1n) is 5.44. The van der Waals surface area contributed by atoms with Crippen molar-refractivity contribution in [2.45, 2.75) is 26.3 Å². The van der Waals surface area contributed by atoms with E-state index in [0.717, 1.165) is 13.8 Å². The van der Waals surface area contributed by atoms with Crippen molar-refractivity contribution in [1.82, 2.24) is 5.32 Å². The van der Waals surface area contributed by atoms with Gasteiger partial charge in [-0.2, -0.15) is 0 Å². The van der Waals surface area contributed by atoms with Crippen LogP contribution in [-0.2, 0) is 16.0 Å². The molecule has 0 spiro atoms. The Labute approximate surface area is 110 Å². The standard InChI is InChI=1S/C12H10F5NO2/c1-4(19)7(18-5(2)20)3-6-8(13)10(15)12(17)11(16)9(6)14/h7H,3H2,1-2H3,(H,18,20). The van der Waals surface area contributed by atoms with E-state index in [1.54, 1.807) is 0 Å². The minimum absolute atomic E-state index is 0.672. The number of Topliss-reactive ketones (excluding diaryl/α,β-unsaturated/α-hetero) is 1. The molecule has 1 unspecified atom stereocenters. The zero-order valence-corrected chi connectivity index (χ0v) is 10.5. The first-order valence-corrected chi connectivity index (χ1v) is 5.44. The molecule has 0 radical (unpaired) electrons. The lowest BCUT2D eigenvalue weighted by molar-refractivity contribution is -0.125. The van der Waals surface area contributed by atoms with E-state index in [9.17, 15) is 31.5 Å². The summed E-state index contributed by atoms with van der Waals surface area (Å²) in [7, 11) is 0. The van der Waals surface area contributed by atoms with Crippen molar-refractivity contribution < 1.29 is 31.5 Å². The number of benzene rings is 1. The number of amides is 1. The van der Waals surface area contributed by atoms with Gasteiger partial charge in [0.25, 0.3) is 0 Å². The average molecular weight is 295 g/mol. The fourth-order valence-corrected chi connectivity index (χ4v) is 1.58. The van der Waals surface area contributed by atoms with Crippen LogP contribution in [0.3, 0.4) is 0 Å². The third kappa shape index (κ3) is 3.12. The molecule has 0 fully saturated rings. The molecule has 1 atom stereocenters. The molecule has 0 aromatic heterocycles. The maximum Gasteiger partial charge on any atom is 0.217 e. The molecule has 0 aliphatic rings. The van der Waals surface area contributed by atoms with E-state index in [0.29, 0.717) is 0 Å². The molecule has 8 heteroatoms. The number of rotatable bonds is 4. The Kier molecular flexibility index (Phi) is 4.80. The summed E-state index contributed by atoms with van der Waals surface area (Å²) in [6.45, 7) is 2.07. The Morgan fingerprint density at radius 3 is 1.65 bits per heavy atom. The molecule has 0 aliphatic heterocycles. The van der Waals surface area contributed by atoms with Crippen LogP contribution in [0.1, 0.15) is 19.4 Å². The second-order valence-electron chi connectivity index (χ2n) is 4.12. The Morgan fingerprint density at radius 1 is 0.900 bits per heavy atom. The van der Waals surface area contributed by atoms with Crippen LogP contribution in [-0.4, -0.2) is 17.7 Å². The number of nitrogens with one attached hydrogen (secondary N) is 1. The quantitative estimate of drug-likeness (QED) is 0.525. The van der Waals surface area contributed by atoms with Crippen molar-refractivity contribution in [3.05, 3.63) is 34.6 Å². The van der Waals surface area contributed by atoms with E-state index in [4.69, 9.17) is 0 Å². The van der Waals surface area contributed by atoms with Crippen molar-refractivity contribution in [1.29, 1.82) is 0 Å². The van der Waals surface area contributed by atoms with Gasteiger partial charge in [-0.1, -0.05) is 0 Å². The summed E-state index contributed by atoms with van der Waals surface area (Å²) in [5.74, 6) is -11.8. The van der Waals surface area contributed by atoms with Crippen LogP contribution in [0.25, 0.3) is 0 Å². The normalized spacial score (nSPS) is 12.2. The van der Waals surface area contributed by atoms with Crippen LogP contribution in [0.5, 0.6) is 0 Å². The van der Waals surface area contributed by atoms with E-state index >= 15 is 0 Å². The molecule has 0 bridgehead atoms. The number of hydrogen-bond acceptors (Lipinski definition) is 2. The molecular formula is C12H10F5NO2. The molecule has 1 aromatic rings. The van der Waals surface area contributed by atoms with Crippen molar-refractivity contribution >= 4 is 11.7 Å². The maximum atomic E-state index is 13.4. The third-order valence-corrected chi connectivity index (χ3v) is 2.58. The molecule has 1 aromatic carbocycles. The number of halogens is 5. The van der Waals surface area contributed by atoms with Crippen LogP contribution in [0.15, 0.2) is 0 Å². The summed E-state index contributed by atoms with van der Waals surface area (Å²) in [4.78, 5) is 22.1. The average Bonchev–Trinajstić information content (AvgIpc) is 2.37. The highest BCUT2D eigenvalue weighted by Crippen LogP contribution is 2.24. The van der Waals surface area contributed by atoms with Gasteiger partial charge in [0, 0.05) is 18.9 Å². The lowest BCUT2D eigenvalue weighted by Crippen LogP contribution is -2.40. The van der Waals surface area contributed by atoms with Crippen LogP contribution in [0, 0.1) is 29.1 Å². The van der Waals surface area contributed by atoms with Crippen LogP contribution in [0.4, 0.5) is 22.0 Å². The SMILES string of the molecule is CC(=O)NC(Cc1c(F)c(F)c(F)c(F)c1F)C(C)=O. The van der Waals surface area contributed by atoms with Crippen molar-refractivity contribution in [2.75, 3.05) is 0 Å². The summed E-state index contributed by atoms with van der Waals surface area (Å²) < 4.78 is 65.6. The second kappa shape index (κ2) is 5.98. The minimum atomic E-state index is -2.28. The molecule has 1 amide bonds. The molecule has 110 valence electrons. The van der Waals surface area contributed by atoms with E-state index in [-0.39, 0.29) is 0 Å². The highest BCUT2D eigenvalue weighted by atomic mass is 19.2. The Balaban J connectivity index is 3.26. The zero-order chi connectivity index (χ0) is 15.6. The maximum absolute atomic E-state index is 13.4. The van der Waals surface area contributed by atoms with Gasteiger partial charge in [0.05, 0.1) is 6.04 Å². The number of carbonyl (C=O) groups excluding carboxylic acids is 2. The van der Waals surface area contributed by atoms with Crippen LogP contribution < -0.4 is 5.32 Å². The predicted octanol–water partition coefficient (Wildman–Crippen LogP) is 2.02. The van der Waals surface area contributed by atoms with Crippen LogP contribution >= 0.6 is 0 Å². The summed E-state index contributed by atoms with van der Waals surface area (Å²) in [5.41, 5.74) is -1.14. The third-order valence-electron chi connectivity index (χ3n) is 2.58. The lowest BCUT2D eigenvalue weighted by atomic mass is 10.0. The van der Waals surface area contributed by atoms with Gasteiger partial charge in [0.15, 0.2) is 29.1 Å². The predicted molar refractivity (Wildman–Crippen MR) is 58.2 cm³/mol. The van der Waals surface area contributed by atoms with Gasteiger partial charge < -0.3 is 5.32 Å². The van der Waals surface area contributed by atoms with Gasteiger partial charge in [-0.3, -0.25) is 9.59 Å². The topological polar surface area (TPSA) is 46.2 Å². The fourth-order valence-electron chi connectivity index (χ4n) is 1.58. The Bertz CT molecular complexity index is 544. The second-order valence-corrected chi connectivity index (χ2v) is 4.12. The molecular weight excluding hydrogens is 285 g/mol. The summed E-state index contributed by atoms with van der Waals surface area (Å²) in [5, 5.41) is 2.08. The molecule has 1 N–H and O–H groups in total. The Morgan fingerprint density at radius 2 is 1.30 bits per heavy atom. The van der Waals surface area contributed by atoms with Gasteiger partial charge in [-0.05, 0) is 6.92 Å². The van der Waals surface area contributed by atoms with E-state index in [2.05, 4.69) is 5.32 Å². The number of carbonyl (C=O) groups is 2. The lowest BCUT2D eigenvalue weighted by Gasteiger charge is -2.16. The first kappa shape index (κ1) is 16.1. The number of ketones is 1. The van der Waals surface area contributed by atoms with Crippen molar-refractivity contribution in [2.24, 2.45) is 0 Å². The summed E-state index contributed by atoms with van der Waals surface area (Å²) in [6, 6.07) is -1.37. The molecule has 0 heterocycles. The zero-order valence-electron chi connectivity index (χ0n) is 10.5. The van der Waals surface area contributed by atoms with Gasteiger partial charge in [0.2, 0.25) is 11.7 Å². The molecule has 1 rings (SSSR count). The molecule has 0 saturated carbocycles. The highest BCUT2D eigenvalue weighted by Gasteiger charge is 2.28. The van der Waals surface area contributed by atoms with Crippen LogP contribution in [0.2, 0.25) is 0 Å². The van der Waals surface area contributed by atoms with E-state index < -0.39 is 58.8 Å². The van der Waals surface area contributed by atoms with Crippen molar-refractivity contribution in [3.8, 4) is 0 Å². The van der Waals surface area contributed by atoms with E-state index in [1.165, 1.54) is 0 Å². The van der Waals surface area contributed by atoms with Gasteiger partial charge in [0.1, 0.15) is 0 Å². The molecule has 0 saturated heterocycles. The molecule has 20 heavy (non-hydrogen) atoms. The van der Waals surface area contributed by atoms with Gasteiger partial charge >= 0.3 is 0 Å². The Hall–Kier alpha value is -1.99. The highest BCUT2D eigenvalue weighted by molar-refractivity contribution is 5.86. The smallest absolute Gasteiger partial charge is 0.217 e. The molecule has 0 aliphatic carbocycles. The number of hydrogen-bond donors (Lipinski definition) is 1. The molecule has 3 nitrogen and oxygen atoms in total. The minimum Gasteiger partial charge on any atom is -0.346 e. The van der Waals surface area contributed by atoms with Crippen molar-refractivity contribution in [3.63, 3.8) is 0 Å². The van der Waals surface area contributed by atoms with Gasteiger partial charge in [-0.15, -0.1) is 0 Å². The fraction of sp³-hybridized carbons (Fsp3) is 0.333. The largest absolute Gasteiger partial charge is 0.346 e. The summed E-state index contributed by atoms with van der Waals surface area (Å²) in [6.07, 6.45) is -0.833. The first-order chi connectivity index (χ1) is 9.16.